The lowest BCUT2D eigenvalue weighted by atomic mass is 10.3. The molecule has 0 amide bonds. The van der Waals surface area contributed by atoms with Crippen LogP contribution in [0.3, 0.4) is 0 Å². The topological polar surface area (TPSA) is 59.8 Å². The van der Waals surface area contributed by atoms with Crippen LogP contribution >= 0.6 is 27.5 Å². The van der Waals surface area contributed by atoms with Gasteiger partial charge in [-0.05, 0) is 18.2 Å². The zero-order valence-electron chi connectivity index (χ0n) is 8.82. The highest BCUT2D eigenvalue weighted by Gasteiger charge is 2.07. The molecule has 7 heteroatoms. The SMILES string of the molecule is CNc1ncn(-c2cc(Br)ccc2Cl)c(=O)n1. The van der Waals surface area contributed by atoms with E-state index in [4.69, 9.17) is 11.6 Å². The Morgan fingerprint density at radius 3 is 2.88 bits per heavy atom. The van der Waals surface area contributed by atoms with Crippen molar-refractivity contribution in [3.63, 3.8) is 0 Å². The van der Waals surface area contributed by atoms with Crippen LogP contribution in [0.2, 0.25) is 5.02 Å². The van der Waals surface area contributed by atoms with Crippen molar-refractivity contribution < 1.29 is 0 Å². The summed E-state index contributed by atoms with van der Waals surface area (Å²) in [6.07, 6.45) is 1.38. The Morgan fingerprint density at radius 2 is 2.24 bits per heavy atom. The molecule has 88 valence electrons. The largest absolute Gasteiger partial charge is 0.357 e. The summed E-state index contributed by atoms with van der Waals surface area (Å²) in [5.74, 6) is 0.275. The molecule has 1 aromatic heterocycles. The number of nitrogens with one attached hydrogen (secondary N) is 1. The molecular formula is C10H8BrClN4O. The van der Waals surface area contributed by atoms with E-state index in [1.165, 1.54) is 10.9 Å². The predicted octanol–water partition coefficient (Wildman–Crippen LogP) is 2.09. The molecule has 17 heavy (non-hydrogen) atoms. The molecule has 2 aromatic rings. The summed E-state index contributed by atoms with van der Waals surface area (Å²) in [5.41, 5.74) is 0.0954. The Kier molecular flexibility index (Phi) is 3.44. The first kappa shape index (κ1) is 12.1. The zero-order valence-corrected chi connectivity index (χ0v) is 11.2. The first-order chi connectivity index (χ1) is 8.11. The van der Waals surface area contributed by atoms with E-state index in [1.807, 2.05) is 0 Å². The lowest BCUT2D eigenvalue weighted by molar-refractivity contribution is 0.862. The van der Waals surface area contributed by atoms with Gasteiger partial charge >= 0.3 is 5.69 Å². The van der Waals surface area contributed by atoms with Crippen LogP contribution in [0.5, 0.6) is 0 Å². The summed E-state index contributed by atoms with van der Waals surface area (Å²) in [6, 6.07) is 5.21. The van der Waals surface area contributed by atoms with Crippen LogP contribution in [0.1, 0.15) is 0 Å². The van der Waals surface area contributed by atoms with Gasteiger partial charge in [-0.25, -0.2) is 14.3 Å². The Bertz CT molecular complexity index is 613. The van der Waals surface area contributed by atoms with Crippen LogP contribution in [0.25, 0.3) is 5.69 Å². The molecule has 1 aromatic carbocycles. The number of hydrogen-bond acceptors (Lipinski definition) is 4. The molecule has 5 nitrogen and oxygen atoms in total. The molecule has 2 rings (SSSR count). The van der Waals surface area contributed by atoms with Crippen molar-refractivity contribution in [2.24, 2.45) is 0 Å². The van der Waals surface area contributed by atoms with Crippen LogP contribution < -0.4 is 11.0 Å². The van der Waals surface area contributed by atoms with Gasteiger partial charge in [0.1, 0.15) is 6.33 Å². The van der Waals surface area contributed by atoms with E-state index in [-0.39, 0.29) is 5.95 Å². The van der Waals surface area contributed by atoms with E-state index >= 15 is 0 Å². The summed E-state index contributed by atoms with van der Waals surface area (Å²) < 4.78 is 2.11. The van der Waals surface area contributed by atoms with E-state index in [0.717, 1.165) is 4.47 Å². The molecule has 0 aliphatic rings. The zero-order chi connectivity index (χ0) is 12.4. The first-order valence-electron chi connectivity index (χ1n) is 4.70. The van der Waals surface area contributed by atoms with Gasteiger partial charge in [-0.3, -0.25) is 0 Å². The van der Waals surface area contributed by atoms with Crippen LogP contribution in [-0.2, 0) is 0 Å². The predicted molar refractivity (Wildman–Crippen MR) is 69.9 cm³/mol. The maximum absolute atomic E-state index is 11.8. The third kappa shape index (κ3) is 2.48. The molecule has 0 unspecified atom stereocenters. The van der Waals surface area contributed by atoms with E-state index in [2.05, 4.69) is 31.2 Å². The van der Waals surface area contributed by atoms with Gasteiger partial charge in [0.2, 0.25) is 5.95 Å². The molecule has 0 saturated carbocycles. The van der Waals surface area contributed by atoms with E-state index < -0.39 is 5.69 Å². The second-order valence-electron chi connectivity index (χ2n) is 3.18. The smallest absolute Gasteiger partial charge is 0.356 e. The van der Waals surface area contributed by atoms with Crippen molar-refractivity contribution in [1.29, 1.82) is 0 Å². The van der Waals surface area contributed by atoms with Gasteiger partial charge in [-0.1, -0.05) is 27.5 Å². The minimum absolute atomic E-state index is 0.275. The van der Waals surface area contributed by atoms with Crippen LogP contribution in [-0.4, -0.2) is 21.6 Å². The van der Waals surface area contributed by atoms with Gasteiger partial charge in [0.05, 0.1) is 10.7 Å². The number of anilines is 1. The van der Waals surface area contributed by atoms with Gasteiger partial charge in [-0.15, -0.1) is 0 Å². The van der Waals surface area contributed by atoms with Gasteiger partial charge in [0.25, 0.3) is 0 Å². The molecule has 0 spiro atoms. The van der Waals surface area contributed by atoms with Gasteiger partial charge in [0, 0.05) is 11.5 Å². The number of nitrogens with zero attached hydrogens (tertiary/aromatic N) is 3. The Balaban J connectivity index is 2.61. The molecule has 1 heterocycles. The second kappa shape index (κ2) is 4.85. The summed E-state index contributed by atoms with van der Waals surface area (Å²) in [6.45, 7) is 0. The second-order valence-corrected chi connectivity index (χ2v) is 4.50. The fraction of sp³-hybridized carbons (Fsp3) is 0.100. The quantitative estimate of drug-likeness (QED) is 0.922. The van der Waals surface area contributed by atoms with Crippen molar-refractivity contribution in [2.45, 2.75) is 0 Å². The normalized spacial score (nSPS) is 10.3. The Hall–Kier alpha value is -1.40. The third-order valence-corrected chi connectivity index (χ3v) is 2.91. The average Bonchev–Trinajstić information content (AvgIpc) is 2.32. The number of rotatable bonds is 2. The number of aromatic nitrogens is 3. The molecule has 0 aliphatic heterocycles. The molecular weight excluding hydrogens is 307 g/mol. The average molecular weight is 316 g/mol. The Labute approximate surface area is 111 Å². The Morgan fingerprint density at radius 1 is 1.47 bits per heavy atom. The highest BCUT2D eigenvalue weighted by Crippen LogP contribution is 2.23. The monoisotopic (exact) mass is 314 g/mol. The van der Waals surface area contributed by atoms with Gasteiger partial charge in [-0.2, -0.15) is 4.98 Å². The number of benzene rings is 1. The molecule has 0 atom stereocenters. The molecule has 0 bridgehead atoms. The van der Waals surface area contributed by atoms with E-state index in [0.29, 0.717) is 10.7 Å². The lowest BCUT2D eigenvalue weighted by Gasteiger charge is -2.07. The molecule has 0 fully saturated rings. The van der Waals surface area contributed by atoms with Crippen molar-refractivity contribution in [3.8, 4) is 5.69 Å². The first-order valence-corrected chi connectivity index (χ1v) is 5.88. The van der Waals surface area contributed by atoms with Crippen LogP contribution in [0, 0.1) is 0 Å². The highest BCUT2D eigenvalue weighted by molar-refractivity contribution is 9.10. The standard InChI is InChI=1S/C10H8BrClN4O/c1-13-9-14-5-16(10(17)15-9)8-4-6(11)2-3-7(8)12/h2-5H,1H3,(H,13,15,17). The molecule has 0 radical (unpaired) electrons. The summed E-state index contributed by atoms with van der Waals surface area (Å²) in [7, 11) is 1.64. The van der Waals surface area contributed by atoms with Crippen LogP contribution in [0.4, 0.5) is 5.95 Å². The van der Waals surface area contributed by atoms with Gasteiger partial charge in [0.15, 0.2) is 0 Å². The highest BCUT2D eigenvalue weighted by atomic mass is 79.9. The fourth-order valence-corrected chi connectivity index (χ4v) is 1.85. The fourth-order valence-electron chi connectivity index (χ4n) is 1.29. The summed E-state index contributed by atoms with van der Waals surface area (Å²) in [5, 5.41) is 3.15. The molecule has 0 saturated heterocycles. The van der Waals surface area contributed by atoms with E-state index in [9.17, 15) is 4.79 Å². The van der Waals surface area contributed by atoms with Crippen molar-refractivity contribution in [3.05, 3.63) is 44.5 Å². The number of hydrogen-bond donors (Lipinski definition) is 1. The van der Waals surface area contributed by atoms with E-state index in [1.54, 1.807) is 25.2 Å². The third-order valence-electron chi connectivity index (χ3n) is 2.09. The van der Waals surface area contributed by atoms with Crippen LogP contribution in [0.15, 0.2) is 33.8 Å². The van der Waals surface area contributed by atoms with Crippen molar-refractivity contribution >= 4 is 33.5 Å². The van der Waals surface area contributed by atoms with Crippen molar-refractivity contribution in [1.82, 2.24) is 14.5 Å². The summed E-state index contributed by atoms with van der Waals surface area (Å²) in [4.78, 5) is 19.5. The number of halogens is 2. The lowest BCUT2D eigenvalue weighted by Crippen LogP contribution is -2.23. The minimum Gasteiger partial charge on any atom is -0.357 e. The molecule has 1 N–H and O–H groups in total. The minimum atomic E-state index is -0.440. The maximum atomic E-state index is 11.8. The van der Waals surface area contributed by atoms with Crippen molar-refractivity contribution in [2.75, 3.05) is 12.4 Å². The maximum Gasteiger partial charge on any atom is 0.356 e. The summed E-state index contributed by atoms with van der Waals surface area (Å²) >= 11 is 9.34. The van der Waals surface area contributed by atoms with Gasteiger partial charge < -0.3 is 5.32 Å². The molecule has 0 aliphatic carbocycles.